The van der Waals surface area contributed by atoms with E-state index in [1.807, 2.05) is 0 Å². The molecule has 6 nitrogen and oxygen atoms in total. The fraction of sp³-hybridized carbons (Fsp3) is 0.760. The van der Waals surface area contributed by atoms with Crippen LogP contribution >= 0.6 is 0 Å². The average molecular weight is 494 g/mol. The average Bonchev–Trinajstić information content (AvgIpc) is 3.40. The van der Waals surface area contributed by atoms with Crippen LogP contribution in [-0.4, -0.2) is 57.9 Å². The van der Waals surface area contributed by atoms with Crippen LogP contribution in [0.25, 0.3) is 0 Å². The van der Waals surface area contributed by atoms with Crippen LogP contribution in [-0.2, 0) is 30.0 Å². The molecule has 7 rings (SSSR count). The lowest BCUT2D eigenvalue weighted by atomic mass is 9.48. The summed E-state index contributed by atoms with van der Waals surface area (Å²) in [5.74, 6) is 2.48. The number of nitrogens with zero attached hydrogens (tertiary/aromatic N) is 1. The van der Waals surface area contributed by atoms with Crippen molar-refractivity contribution in [1.29, 1.82) is 0 Å². The van der Waals surface area contributed by atoms with Gasteiger partial charge in [-0.1, -0.05) is 12.1 Å². The zero-order valence-corrected chi connectivity index (χ0v) is 20.8. The molecule has 2 aliphatic heterocycles. The molecule has 0 unspecified atom stereocenters. The van der Waals surface area contributed by atoms with Crippen LogP contribution in [0.3, 0.4) is 0 Å². The van der Waals surface area contributed by atoms with Gasteiger partial charge in [-0.2, -0.15) is 4.31 Å². The van der Waals surface area contributed by atoms with Crippen molar-refractivity contribution in [3.05, 3.63) is 29.8 Å². The number of benzene rings is 1. The Morgan fingerprint density at radius 3 is 2.12 bits per heavy atom. The third-order valence-electron chi connectivity index (χ3n) is 9.13. The zero-order chi connectivity index (χ0) is 22.8. The van der Waals surface area contributed by atoms with Crippen molar-refractivity contribution in [2.24, 2.45) is 17.8 Å². The first-order valence-electron chi connectivity index (χ1n) is 12.7. The molecule has 0 amide bonds. The van der Waals surface area contributed by atoms with Crippen LogP contribution in [0, 0.1) is 17.8 Å². The SMILES string of the molecule is O=S1(=O)CC[C@@H](N(C[C@H]2CCCO2)S(=O)(=O)c2ccc(C34CC5CC(CC(C5)C3)C4)cc2)C1. The van der Waals surface area contributed by atoms with Crippen molar-refractivity contribution in [2.75, 3.05) is 24.7 Å². The van der Waals surface area contributed by atoms with Crippen LogP contribution in [0.15, 0.2) is 29.2 Å². The highest BCUT2D eigenvalue weighted by molar-refractivity contribution is 7.92. The molecule has 8 heteroatoms. The van der Waals surface area contributed by atoms with Gasteiger partial charge in [0, 0.05) is 19.2 Å². The van der Waals surface area contributed by atoms with E-state index in [9.17, 15) is 16.8 Å². The van der Waals surface area contributed by atoms with Gasteiger partial charge in [0.05, 0.1) is 22.5 Å². The molecule has 33 heavy (non-hydrogen) atoms. The molecule has 182 valence electrons. The van der Waals surface area contributed by atoms with Crippen molar-refractivity contribution in [3.8, 4) is 0 Å². The Morgan fingerprint density at radius 1 is 0.970 bits per heavy atom. The van der Waals surface area contributed by atoms with E-state index in [0.717, 1.165) is 30.6 Å². The van der Waals surface area contributed by atoms with Crippen molar-refractivity contribution in [2.45, 2.75) is 80.2 Å². The van der Waals surface area contributed by atoms with Crippen LogP contribution in [0.4, 0.5) is 0 Å². The van der Waals surface area contributed by atoms with E-state index in [-0.39, 0.29) is 34.5 Å². The van der Waals surface area contributed by atoms with Gasteiger partial charge >= 0.3 is 0 Å². The molecule has 1 aromatic carbocycles. The Kier molecular flexibility index (Phi) is 5.48. The van der Waals surface area contributed by atoms with Crippen molar-refractivity contribution >= 4 is 19.9 Å². The van der Waals surface area contributed by atoms with E-state index >= 15 is 0 Å². The first kappa shape index (κ1) is 22.5. The Morgan fingerprint density at radius 2 is 1.61 bits per heavy atom. The maximum atomic E-state index is 13.8. The van der Waals surface area contributed by atoms with E-state index in [4.69, 9.17) is 4.74 Å². The maximum absolute atomic E-state index is 13.8. The summed E-state index contributed by atoms with van der Waals surface area (Å²) in [5, 5.41) is 0. The summed E-state index contributed by atoms with van der Waals surface area (Å²) < 4.78 is 59.0. The normalized spacial score (nSPS) is 39.5. The second kappa shape index (κ2) is 8.04. The van der Waals surface area contributed by atoms with E-state index in [2.05, 4.69) is 12.1 Å². The second-order valence-corrected chi connectivity index (χ2v) is 15.6. The van der Waals surface area contributed by atoms with Crippen molar-refractivity contribution in [1.82, 2.24) is 4.31 Å². The van der Waals surface area contributed by atoms with Crippen LogP contribution in [0.5, 0.6) is 0 Å². The lowest BCUT2D eigenvalue weighted by molar-refractivity contribution is -0.00521. The first-order valence-corrected chi connectivity index (χ1v) is 15.9. The van der Waals surface area contributed by atoms with E-state index in [0.29, 0.717) is 13.0 Å². The van der Waals surface area contributed by atoms with E-state index in [1.54, 1.807) is 12.1 Å². The van der Waals surface area contributed by atoms with Crippen molar-refractivity contribution in [3.63, 3.8) is 0 Å². The molecular formula is C25H35NO5S2. The number of hydrogen-bond donors (Lipinski definition) is 0. The third-order valence-corrected chi connectivity index (χ3v) is 12.8. The Bertz CT molecular complexity index is 1070. The van der Waals surface area contributed by atoms with Gasteiger partial charge in [-0.15, -0.1) is 0 Å². The highest BCUT2D eigenvalue weighted by atomic mass is 32.2. The zero-order valence-electron chi connectivity index (χ0n) is 19.2. The summed E-state index contributed by atoms with van der Waals surface area (Å²) in [5.41, 5.74) is 1.53. The fourth-order valence-corrected chi connectivity index (χ4v) is 11.5. The minimum absolute atomic E-state index is 0.0557. The lowest BCUT2D eigenvalue weighted by Crippen LogP contribution is -2.48. The summed E-state index contributed by atoms with van der Waals surface area (Å²) >= 11 is 0. The fourth-order valence-electron chi connectivity index (χ4n) is 8.02. The van der Waals surface area contributed by atoms with E-state index < -0.39 is 25.9 Å². The molecule has 0 N–H and O–H groups in total. The van der Waals surface area contributed by atoms with E-state index in [1.165, 1.54) is 48.4 Å². The third kappa shape index (κ3) is 4.09. The molecule has 1 aromatic rings. The van der Waals surface area contributed by atoms with Crippen LogP contribution in [0.1, 0.15) is 63.4 Å². The van der Waals surface area contributed by atoms with Crippen LogP contribution in [0.2, 0.25) is 0 Å². The molecule has 4 saturated carbocycles. The number of rotatable bonds is 6. The molecule has 4 aliphatic carbocycles. The number of sulfone groups is 1. The molecule has 2 heterocycles. The van der Waals surface area contributed by atoms with Gasteiger partial charge in [-0.25, -0.2) is 16.8 Å². The molecular weight excluding hydrogens is 458 g/mol. The summed E-state index contributed by atoms with van der Waals surface area (Å²) in [6, 6.07) is 7.14. The molecule has 6 aliphatic rings. The summed E-state index contributed by atoms with van der Waals surface area (Å²) in [7, 11) is -7.00. The molecule has 2 atom stereocenters. The highest BCUT2D eigenvalue weighted by Gasteiger charge is 2.51. The summed E-state index contributed by atoms with van der Waals surface area (Å²) in [6.45, 7) is 0.876. The molecule has 2 saturated heterocycles. The predicted octanol–water partition coefficient (Wildman–Crippen LogP) is 3.51. The topological polar surface area (TPSA) is 80.8 Å². The monoisotopic (exact) mass is 493 g/mol. The number of sulfonamides is 1. The quantitative estimate of drug-likeness (QED) is 0.606. The molecule has 0 radical (unpaired) electrons. The smallest absolute Gasteiger partial charge is 0.243 e. The molecule has 0 aromatic heterocycles. The largest absolute Gasteiger partial charge is 0.377 e. The van der Waals surface area contributed by atoms with Gasteiger partial charge in [0.25, 0.3) is 0 Å². The van der Waals surface area contributed by atoms with Gasteiger partial charge in [-0.05, 0) is 98.7 Å². The molecule has 0 spiro atoms. The van der Waals surface area contributed by atoms with Crippen LogP contribution < -0.4 is 0 Å². The number of hydrogen-bond acceptors (Lipinski definition) is 5. The highest BCUT2D eigenvalue weighted by Crippen LogP contribution is 2.60. The van der Waals surface area contributed by atoms with Gasteiger partial charge < -0.3 is 4.74 Å². The Hall–Kier alpha value is -0.960. The Balaban J connectivity index is 1.28. The minimum Gasteiger partial charge on any atom is -0.377 e. The van der Waals surface area contributed by atoms with Gasteiger partial charge in [0.1, 0.15) is 0 Å². The predicted molar refractivity (Wildman–Crippen MR) is 126 cm³/mol. The maximum Gasteiger partial charge on any atom is 0.243 e. The van der Waals surface area contributed by atoms with Gasteiger partial charge in [-0.3, -0.25) is 0 Å². The Labute approximate surface area is 198 Å². The van der Waals surface area contributed by atoms with Gasteiger partial charge in [0.15, 0.2) is 9.84 Å². The molecule has 6 fully saturated rings. The minimum atomic E-state index is -3.81. The summed E-state index contributed by atoms with van der Waals surface area (Å²) in [6.07, 6.45) is 9.82. The summed E-state index contributed by atoms with van der Waals surface area (Å²) in [4.78, 5) is 0.276. The first-order chi connectivity index (χ1) is 15.7. The standard InChI is InChI=1S/C25H35NO5S2/c27-32(28)9-7-22(17-32)26(16-23-2-1-8-31-23)33(29,30)24-5-3-21(4-6-24)25-13-18-10-19(14-25)12-20(11-18)15-25/h3-6,18-20,22-23H,1-2,7-17H2/t18?,19?,20?,22-,23-,25?/m1/s1. The lowest BCUT2D eigenvalue weighted by Gasteiger charge is -2.57. The van der Waals surface area contributed by atoms with Gasteiger partial charge in [0.2, 0.25) is 10.0 Å². The second-order valence-electron chi connectivity index (χ2n) is 11.5. The molecule has 4 bridgehead atoms. The number of ether oxygens (including phenoxy) is 1. The van der Waals surface area contributed by atoms with Crippen molar-refractivity contribution < 1.29 is 21.6 Å².